The molecule has 10 heteroatoms. The third-order valence-corrected chi connectivity index (χ3v) is 5.14. The number of aromatic nitrogens is 2. The summed E-state index contributed by atoms with van der Waals surface area (Å²) in [6.45, 7) is 5.09. The first-order valence-electron chi connectivity index (χ1n) is 9.72. The summed E-state index contributed by atoms with van der Waals surface area (Å²) in [6, 6.07) is 10.8. The molecule has 0 saturated carbocycles. The fourth-order valence-corrected chi connectivity index (χ4v) is 3.39. The van der Waals surface area contributed by atoms with Gasteiger partial charge in [0.15, 0.2) is 0 Å². The first-order valence-corrected chi connectivity index (χ1v) is 9.72. The summed E-state index contributed by atoms with van der Waals surface area (Å²) in [5.41, 5.74) is 1.43. The number of carbonyl (C=O) groups is 1. The van der Waals surface area contributed by atoms with Crippen LogP contribution in [0.25, 0.3) is 0 Å². The van der Waals surface area contributed by atoms with Crippen molar-refractivity contribution in [3.8, 4) is 0 Å². The van der Waals surface area contributed by atoms with E-state index >= 15 is 0 Å². The Morgan fingerprint density at radius 1 is 1.19 bits per heavy atom. The summed E-state index contributed by atoms with van der Waals surface area (Å²) in [5.74, 6) is -0.428. The van der Waals surface area contributed by atoms with Crippen LogP contribution in [0.5, 0.6) is 0 Å². The highest BCUT2D eigenvalue weighted by molar-refractivity contribution is 5.94. The second kappa shape index (κ2) is 8.81. The van der Waals surface area contributed by atoms with Crippen molar-refractivity contribution in [2.24, 2.45) is 0 Å². The van der Waals surface area contributed by atoms with Gasteiger partial charge < -0.3 is 5.32 Å². The van der Waals surface area contributed by atoms with Gasteiger partial charge in [0.2, 0.25) is 0 Å². The van der Waals surface area contributed by atoms with Crippen LogP contribution >= 0.6 is 0 Å². The number of amides is 1. The minimum Gasteiger partial charge on any atom is -0.346 e. The zero-order valence-corrected chi connectivity index (χ0v) is 17.6. The SMILES string of the molecule is Cc1nn(Cc2ccc(C(=O)NC(C)c3cccc(C(F)(F)F)c3)cc2)c(C)c1[N+](=O)[O-]. The number of nitrogens with one attached hydrogen (secondary N) is 1. The van der Waals surface area contributed by atoms with Gasteiger partial charge in [-0.05, 0) is 56.2 Å². The maximum absolute atomic E-state index is 12.9. The van der Waals surface area contributed by atoms with Gasteiger partial charge in [-0.25, -0.2) is 0 Å². The van der Waals surface area contributed by atoms with Crippen LogP contribution in [0.1, 0.15) is 51.4 Å². The molecule has 1 heterocycles. The lowest BCUT2D eigenvalue weighted by atomic mass is 10.0. The Morgan fingerprint density at radius 3 is 2.41 bits per heavy atom. The van der Waals surface area contributed by atoms with E-state index in [1.807, 2.05) is 0 Å². The third-order valence-electron chi connectivity index (χ3n) is 5.14. The molecule has 0 radical (unpaired) electrons. The molecule has 0 spiro atoms. The van der Waals surface area contributed by atoms with E-state index in [0.29, 0.717) is 29.1 Å². The lowest BCUT2D eigenvalue weighted by Gasteiger charge is -2.16. The van der Waals surface area contributed by atoms with Crippen LogP contribution in [0, 0.1) is 24.0 Å². The molecule has 0 aliphatic heterocycles. The van der Waals surface area contributed by atoms with Crippen molar-refractivity contribution in [3.05, 3.63) is 92.3 Å². The maximum Gasteiger partial charge on any atom is 0.416 e. The van der Waals surface area contributed by atoms with Gasteiger partial charge in [0.25, 0.3) is 5.91 Å². The van der Waals surface area contributed by atoms with E-state index in [1.165, 1.54) is 16.8 Å². The number of nitrogens with zero attached hydrogens (tertiary/aromatic N) is 3. The summed E-state index contributed by atoms with van der Waals surface area (Å²) in [7, 11) is 0. The topological polar surface area (TPSA) is 90.1 Å². The van der Waals surface area contributed by atoms with Gasteiger partial charge in [0, 0.05) is 5.56 Å². The predicted octanol–water partition coefficient (Wildman–Crippen LogP) is 4.97. The molecule has 2 aromatic carbocycles. The molecule has 0 aliphatic rings. The van der Waals surface area contributed by atoms with E-state index in [4.69, 9.17) is 0 Å². The molecular weight excluding hydrogens is 425 g/mol. The van der Waals surface area contributed by atoms with E-state index in [2.05, 4.69) is 10.4 Å². The number of benzene rings is 2. The Bertz CT molecular complexity index is 1150. The highest BCUT2D eigenvalue weighted by atomic mass is 19.4. The minimum atomic E-state index is -4.46. The molecule has 1 aromatic heterocycles. The summed E-state index contributed by atoms with van der Waals surface area (Å²) in [5, 5.41) is 18.0. The van der Waals surface area contributed by atoms with Gasteiger partial charge in [0.05, 0.1) is 23.1 Å². The maximum atomic E-state index is 12.9. The molecule has 1 atom stereocenters. The zero-order chi connectivity index (χ0) is 23.6. The fourth-order valence-electron chi connectivity index (χ4n) is 3.39. The van der Waals surface area contributed by atoms with E-state index < -0.39 is 28.6 Å². The van der Waals surface area contributed by atoms with Crippen LogP contribution in [-0.2, 0) is 12.7 Å². The molecule has 168 valence electrons. The van der Waals surface area contributed by atoms with Crippen molar-refractivity contribution in [2.75, 3.05) is 0 Å². The van der Waals surface area contributed by atoms with Gasteiger partial charge in [-0.15, -0.1) is 0 Å². The molecule has 0 fully saturated rings. The van der Waals surface area contributed by atoms with Gasteiger partial charge in [0.1, 0.15) is 11.4 Å². The van der Waals surface area contributed by atoms with E-state index in [9.17, 15) is 28.1 Å². The average molecular weight is 446 g/mol. The molecule has 1 N–H and O–H groups in total. The van der Waals surface area contributed by atoms with Gasteiger partial charge >= 0.3 is 11.9 Å². The number of hydrogen-bond donors (Lipinski definition) is 1. The monoisotopic (exact) mass is 446 g/mol. The summed E-state index contributed by atoms with van der Waals surface area (Å²) >= 11 is 0. The van der Waals surface area contributed by atoms with Crippen LogP contribution in [0.4, 0.5) is 18.9 Å². The number of nitro groups is 1. The van der Waals surface area contributed by atoms with E-state index in [1.54, 1.807) is 45.0 Å². The van der Waals surface area contributed by atoms with Crippen molar-refractivity contribution in [1.82, 2.24) is 15.1 Å². The van der Waals surface area contributed by atoms with E-state index in [0.717, 1.165) is 17.7 Å². The highest BCUT2D eigenvalue weighted by Gasteiger charge is 2.30. The van der Waals surface area contributed by atoms with Crippen molar-refractivity contribution < 1.29 is 22.9 Å². The lowest BCUT2D eigenvalue weighted by molar-refractivity contribution is -0.386. The molecule has 0 bridgehead atoms. The zero-order valence-electron chi connectivity index (χ0n) is 17.6. The molecule has 32 heavy (non-hydrogen) atoms. The first-order chi connectivity index (χ1) is 15.0. The van der Waals surface area contributed by atoms with E-state index in [-0.39, 0.29) is 5.69 Å². The molecule has 3 aromatic rings. The second-order valence-corrected chi connectivity index (χ2v) is 7.45. The van der Waals surface area contributed by atoms with Crippen LogP contribution < -0.4 is 5.32 Å². The molecule has 0 saturated heterocycles. The Morgan fingerprint density at radius 2 is 1.84 bits per heavy atom. The number of alkyl halides is 3. The standard InChI is InChI=1S/C22H21F3N4O3/c1-13(18-5-4-6-19(11-18)22(23,24)25)26-21(30)17-9-7-16(8-10-17)12-28-15(3)20(29(31)32)14(2)27-28/h4-11,13H,12H2,1-3H3,(H,26,30). The second-order valence-electron chi connectivity index (χ2n) is 7.45. The summed E-state index contributed by atoms with van der Waals surface area (Å²) in [4.78, 5) is 23.2. The number of carbonyl (C=O) groups excluding carboxylic acids is 1. The summed E-state index contributed by atoms with van der Waals surface area (Å²) in [6.07, 6.45) is -4.46. The van der Waals surface area contributed by atoms with Gasteiger partial charge in [-0.1, -0.05) is 24.3 Å². The van der Waals surface area contributed by atoms with Crippen molar-refractivity contribution in [2.45, 2.75) is 39.5 Å². The lowest BCUT2D eigenvalue weighted by Crippen LogP contribution is -2.26. The number of rotatable bonds is 6. The quantitative estimate of drug-likeness (QED) is 0.428. The molecular formula is C22H21F3N4O3. The van der Waals surface area contributed by atoms with Gasteiger partial charge in [-0.3, -0.25) is 19.6 Å². The van der Waals surface area contributed by atoms with Crippen LogP contribution in [0.2, 0.25) is 0 Å². The number of hydrogen-bond acceptors (Lipinski definition) is 4. The Kier molecular flexibility index (Phi) is 6.33. The summed E-state index contributed by atoms with van der Waals surface area (Å²) < 4.78 is 40.3. The molecule has 0 aliphatic carbocycles. The number of halogens is 3. The molecule has 1 amide bonds. The smallest absolute Gasteiger partial charge is 0.346 e. The Hall–Kier alpha value is -3.69. The highest BCUT2D eigenvalue weighted by Crippen LogP contribution is 2.30. The fraction of sp³-hybridized carbons (Fsp3) is 0.273. The van der Waals surface area contributed by atoms with Crippen molar-refractivity contribution in [3.63, 3.8) is 0 Å². The van der Waals surface area contributed by atoms with Crippen LogP contribution in [0.3, 0.4) is 0 Å². The predicted molar refractivity (Wildman–Crippen MR) is 111 cm³/mol. The molecule has 1 unspecified atom stereocenters. The largest absolute Gasteiger partial charge is 0.416 e. The van der Waals surface area contributed by atoms with Crippen LogP contribution in [-0.4, -0.2) is 20.6 Å². The molecule has 3 rings (SSSR count). The van der Waals surface area contributed by atoms with Gasteiger partial charge in [-0.2, -0.15) is 18.3 Å². The van der Waals surface area contributed by atoms with Crippen molar-refractivity contribution in [1.29, 1.82) is 0 Å². The van der Waals surface area contributed by atoms with Crippen molar-refractivity contribution >= 4 is 11.6 Å². The molecule has 7 nitrogen and oxygen atoms in total. The third kappa shape index (κ3) is 4.96. The Balaban J connectivity index is 1.69. The average Bonchev–Trinajstić information content (AvgIpc) is 3.01. The Labute approximate surface area is 182 Å². The minimum absolute atomic E-state index is 0.0235. The normalized spacial score (nSPS) is 12.4. The number of aryl methyl sites for hydroxylation is 1. The van der Waals surface area contributed by atoms with Crippen LogP contribution in [0.15, 0.2) is 48.5 Å². The first kappa shape index (κ1) is 23.0.